The first-order valence-electron chi connectivity index (χ1n) is 7.37. The monoisotopic (exact) mass is 336 g/mol. The van der Waals surface area contributed by atoms with E-state index in [0.29, 0.717) is 15.0 Å². The van der Waals surface area contributed by atoms with E-state index in [-0.39, 0.29) is 5.41 Å². The third-order valence-corrected chi connectivity index (χ3v) is 5.49. The first kappa shape index (κ1) is 15.4. The zero-order chi connectivity index (χ0) is 14.6. The minimum atomic E-state index is 0.0893. The second kappa shape index (κ2) is 6.65. The van der Waals surface area contributed by atoms with E-state index >= 15 is 0 Å². The number of hydrogen-bond donors (Lipinski definition) is 0. The summed E-state index contributed by atoms with van der Waals surface area (Å²) in [6.07, 6.45) is 3.48. The fourth-order valence-electron chi connectivity index (χ4n) is 2.00. The van der Waals surface area contributed by atoms with E-state index in [0.717, 1.165) is 12.2 Å². The Bertz CT molecular complexity index is 534. The number of unbranched alkanes of at least 4 members (excludes halogenated alkanes) is 1. The second-order valence-corrected chi connectivity index (χ2v) is 8.51. The van der Waals surface area contributed by atoms with Crippen molar-refractivity contribution in [3.63, 3.8) is 0 Å². The maximum atomic E-state index is 6.17. The van der Waals surface area contributed by atoms with E-state index < -0.39 is 0 Å². The summed E-state index contributed by atoms with van der Waals surface area (Å²) in [6.45, 7) is 8.88. The molecule has 2 heteroatoms. The Morgan fingerprint density at radius 3 is 2.40 bits per heavy atom. The van der Waals surface area contributed by atoms with Crippen molar-refractivity contribution in [2.75, 3.05) is 0 Å². The van der Waals surface area contributed by atoms with Gasteiger partial charge in [0.1, 0.15) is 0 Å². The summed E-state index contributed by atoms with van der Waals surface area (Å²) in [5.74, 6) is 2.33. The molecule has 0 fully saturated rings. The fourth-order valence-corrected chi connectivity index (χ4v) is 4.03. The van der Waals surface area contributed by atoms with Crippen molar-refractivity contribution in [1.29, 1.82) is 0 Å². The van der Waals surface area contributed by atoms with Gasteiger partial charge in [-0.1, -0.05) is 0 Å². The van der Waals surface area contributed by atoms with Gasteiger partial charge >= 0.3 is 129 Å². The van der Waals surface area contributed by atoms with Crippen molar-refractivity contribution < 1.29 is 4.42 Å². The van der Waals surface area contributed by atoms with Crippen LogP contribution in [-0.4, -0.2) is 15.0 Å². The van der Waals surface area contributed by atoms with E-state index in [2.05, 4.69) is 64.1 Å². The van der Waals surface area contributed by atoms with Crippen LogP contribution in [0.25, 0.3) is 0 Å². The summed E-state index contributed by atoms with van der Waals surface area (Å²) >= 11 is 0.345. The van der Waals surface area contributed by atoms with Gasteiger partial charge in [0.2, 0.25) is 0 Å². The molecule has 2 rings (SSSR count). The average molecular weight is 335 g/mol. The first-order valence-corrected chi connectivity index (χ1v) is 9.08. The van der Waals surface area contributed by atoms with E-state index in [4.69, 9.17) is 4.42 Å². The molecule has 0 saturated carbocycles. The second-order valence-electron chi connectivity index (χ2n) is 6.17. The normalized spacial score (nSPS) is 11.8. The molecule has 2 aromatic rings. The number of rotatable bonds is 5. The molecule has 1 aromatic heterocycles. The van der Waals surface area contributed by atoms with E-state index in [9.17, 15) is 0 Å². The molecule has 0 radical (unpaired) electrons. The molecule has 0 spiro atoms. The molecule has 0 atom stereocenters. The van der Waals surface area contributed by atoms with Crippen molar-refractivity contribution in [2.45, 2.75) is 52.4 Å². The van der Waals surface area contributed by atoms with Crippen molar-refractivity contribution in [3.8, 4) is 0 Å². The van der Waals surface area contributed by atoms with Crippen LogP contribution in [0, 0.1) is 0 Å². The number of hydrogen-bond acceptors (Lipinski definition) is 1. The topological polar surface area (TPSA) is 13.1 Å². The van der Waals surface area contributed by atoms with Crippen LogP contribution in [0.15, 0.2) is 40.8 Å². The van der Waals surface area contributed by atoms with Crippen molar-refractivity contribution >= 4 is 23.9 Å². The van der Waals surface area contributed by atoms with Crippen molar-refractivity contribution in [2.24, 2.45) is 0 Å². The third kappa shape index (κ3) is 4.01. The molecule has 1 heterocycles. The van der Waals surface area contributed by atoms with Crippen LogP contribution < -0.4 is 8.92 Å². The Morgan fingerprint density at radius 1 is 1.10 bits per heavy atom. The molecule has 0 N–H and O–H groups in total. The number of benzene rings is 1. The molecule has 0 saturated heterocycles. The van der Waals surface area contributed by atoms with Gasteiger partial charge in [-0.3, -0.25) is 0 Å². The third-order valence-electron chi connectivity index (χ3n) is 3.24. The Kier molecular flexibility index (Phi) is 5.12. The van der Waals surface area contributed by atoms with Crippen molar-refractivity contribution in [3.05, 3.63) is 47.9 Å². The standard InChI is InChI=1S/C18H24OSe/c1-5-6-12-15-16(13-17(19-15)18(2,3)4)20-14-10-8-7-9-11-14/h7-11,13H,5-6,12H2,1-4H3. The zero-order valence-corrected chi connectivity index (χ0v) is 14.6. The molecule has 0 aliphatic rings. The molecular formula is C18H24OSe. The van der Waals surface area contributed by atoms with E-state index in [1.54, 1.807) is 0 Å². The molecular weight excluding hydrogens is 311 g/mol. The molecule has 0 aliphatic carbocycles. The van der Waals surface area contributed by atoms with Gasteiger partial charge in [0, 0.05) is 0 Å². The fraction of sp³-hybridized carbons (Fsp3) is 0.444. The van der Waals surface area contributed by atoms with Crippen LogP contribution in [0.4, 0.5) is 0 Å². The van der Waals surface area contributed by atoms with Crippen molar-refractivity contribution in [1.82, 2.24) is 0 Å². The molecule has 0 unspecified atom stereocenters. The maximum absolute atomic E-state index is 6.17. The van der Waals surface area contributed by atoms with Gasteiger partial charge in [-0.25, -0.2) is 0 Å². The minimum absolute atomic E-state index is 0.0893. The van der Waals surface area contributed by atoms with Crippen LogP contribution in [0.5, 0.6) is 0 Å². The SMILES string of the molecule is CCCCc1oc(C(C)(C)C)cc1[Se]c1ccccc1. The van der Waals surface area contributed by atoms with Gasteiger partial charge in [0.15, 0.2) is 0 Å². The average Bonchev–Trinajstić information content (AvgIpc) is 2.81. The molecule has 0 amide bonds. The van der Waals surface area contributed by atoms with E-state index in [1.165, 1.54) is 27.5 Å². The Hall–Kier alpha value is -0.981. The first-order chi connectivity index (χ1) is 9.50. The Labute approximate surface area is 128 Å². The quantitative estimate of drug-likeness (QED) is 0.762. The molecule has 108 valence electrons. The molecule has 1 nitrogen and oxygen atoms in total. The Balaban J connectivity index is 2.27. The van der Waals surface area contributed by atoms with Gasteiger partial charge in [-0.05, 0) is 0 Å². The Morgan fingerprint density at radius 2 is 1.80 bits per heavy atom. The summed E-state index contributed by atoms with van der Waals surface area (Å²) < 4.78 is 9.00. The predicted octanol–water partition coefficient (Wildman–Crippen LogP) is 3.57. The number of furan rings is 1. The van der Waals surface area contributed by atoms with Crippen LogP contribution in [0.1, 0.15) is 52.1 Å². The molecule has 20 heavy (non-hydrogen) atoms. The van der Waals surface area contributed by atoms with Gasteiger partial charge in [-0.15, -0.1) is 0 Å². The molecule has 1 aromatic carbocycles. The van der Waals surface area contributed by atoms with Crippen LogP contribution in [0.3, 0.4) is 0 Å². The molecule has 0 aliphatic heterocycles. The van der Waals surface area contributed by atoms with Gasteiger partial charge < -0.3 is 0 Å². The van der Waals surface area contributed by atoms with Crippen LogP contribution in [0.2, 0.25) is 0 Å². The summed E-state index contributed by atoms with van der Waals surface area (Å²) in [7, 11) is 0. The van der Waals surface area contributed by atoms with Gasteiger partial charge in [0.25, 0.3) is 0 Å². The summed E-state index contributed by atoms with van der Waals surface area (Å²) in [6, 6.07) is 13.0. The van der Waals surface area contributed by atoms with Crippen LogP contribution in [-0.2, 0) is 11.8 Å². The van der Waals surface area contributed by atoms with Gasteiger partial charge in [-0.2, -0.15) is 0 Å². The zero-order valence-electron chi connectivity index (χ0n) is 12.9. The van der Waals surface area contributed by atoms with Gasteiger partial charge in [0.05, 0.1) is 0 Å². The summed E-state index contributed by atoms with van der Waals surface area (Å²) in [5.41, 5.74) is 0.0893. The van der Waals surface area contributed by atoms with E-state index in [1.807, 2.05) is 0 Å². The summed E-state index contributed by atoms with van der Waals surface area (Å²) in [4.78, 5) is 0. The predicted molar refractivity (Wildman–Crippen MR) is 87.5 cm³/mol. The number of aryl methyl sites for hydroxylation is 1. The van der Waals surface area contributed by atoms with Crippen LogP contribution >= 0.6 is 0 Å². The molecule has 0 bridgehead atoms. The summed E-state index contributed by atoms with van der Waals surface area (Å²) in [5, 5.41) is 0.